The van der Waals surface area contributed by atoms with E-state index in [2.05, 4.69) is 28.8 Å². The first kappa shape index (κ1) is 13.3. The number of anilines is 1. The maximum Gasteiger partial charge on any atom is 0.0545 e. The Labute approximate surface area is 110 Å². The van der Waals surface area contributed by atoms with Crippen LogP contribution in [0.25, 0.3) is 0 Å². The topological polar surface area (TPSA) is 45.4 Å². The largest absolute Gasteiger partial charge is 0.397 e. The van der Waals surface area contributed by atoms with Gasteiger partial charge in [-0.05, 0) is 38.6 Å². The quantitative estimate of drug-likeness (QED) is 0.882. The lowest BCUT2D eigenvalue weighted by molar-refractivity contribution is 0.174. The number of likely N-dealkylation sites (N-methyl/N-ethyl adjacent to an activating group) is 1. The zero-order chi connectivity index (χ0) is 13.0. The first-order chi connectivity index (χ1) is 8.69. The van der Waals surface area contributed by atoms with E-state index in [0.29, 0.717) is 6.04 Å². The molecule has 1 aromatic heterocycles. The Bertz CT molecular complexity index is 363. The van der Waals surface area contributed by atoms with Gasteiger partial charge in [0.2, 0.25) is 0 Å². The molecule has 2 N–H and O–H groups in total. The molecule has 2 rings (SSSR count). The second-order valence-corrected chi connectivity index (χ2v) is 5.23. The Balaban J connectivity index is 2.03. The van der Waals surface area contributed by atoms with Gasteiger partial charge in [0.15, 0.2) is 0 Å². The number of nitrogens with zero attached hydrogens (tertiary/aromatic N) is 3. The molecule has 0 radical (unpaired) electrons. The SMILES string of the molecule is CCC1CN(C)CCCN1Cc1ccc(N)cn1. The molecule has 0 bridgehead atoms. The van der Waals surface area contributed by atoms with Crippen LogP contribution >= 0.6 is 0 Å². The molecule has 1 aliphatic heterocycles. The Morgan fingerprint density at radius 2 is 2.22 bits per heavy atom. The van der Waals surface area contributed by atoms with Crippen LogP contribution in [0.5, 0.6) is 0 Å². The van der Waals surface area contributed by atoms with Gasteiger partial charge in [-0.25, -0.2) is 0 Å². The van der Waals surface area contributed by atoms with Crippen molar-refractivity contribution in [2.75, 3.05) is 32.4 Å². The third-order valence-electron chi connectivity index (χ3n) is 3.71. The van der Waals surface area contributed by atoms with E-state index in [-0.39, 0.29) is 0 Å². The molecule has 4 nitrogen and oxygen atoms in total. The fourth-order valence-electron chi connectivity index (χ4n) is 2.63. The number of nitrogen functional groups attached to an aromatic ring is 1. The van der Waals surface area contributed by atoms with Gasteiger partial charge in [0.1, 0.15) is 0 Å². The van der Waals surface area contributed by atoms with Gasteiger partial charge in [0.05, 0.1) is 17.6 Å². The van der Waals surface area contributed by atoms with Gasteiger partial charge in [-0.3, -0.25) is 9.88 Å². The van der Waals surface area contributed by atoms with Crippen molar-refractivity contribution in [2.45, 2.75) is 32.4 Å². The molecule has 1 aromatic rings. The molecular weight excluding hydrogens is 224 g/mol. The van der Waals surface area contributed by atoms with Crippen molar-refractivity contribution in [3.8, 4) is 0 Å². The summed E-state index contributed by atoms with van der Waals surface area (Å²) in [5, 5.41) is 0. The van der Waals surface area contributed by atoms with E-state index in [1.165, 1.54) is 19.4 Å². The van der Waals surface area contributed by atoms with Crippen molar-refractivity contribution >= 4 is 5.69 Å². The Morgan fingerprint density at radius 1 is 1.39 bits per heavy atom. The molecule has 100 valence electrons. The van der Waals surface area contributed by atoms with Crippen LogP contribution in [-0.4, -0.2) is 47.5 Å². The van der Waals surface area contributed by atoms with Crippen molar-refractivity contribution < 1.29 is 0 Å². The second-order valence-electron chi connectivity index (χ2n) is 5.23. The van der Waals surface area contributed by atoms with E-state index >= 15 is 0 Å². The van der Waals surface area contributed by atoms with Crippen LogP contribution in [0.2, 0.25) is 0 Å². The van der Waals surface area contributed by atoms with Crippen LogP contribution < -0.4 is 5.73 Å². The first-order valence-electron chi connectivity index (χ1n) is 6.82. The number of pyridine rings is 1. The average molecular weight is 248 g/mol. The van der Waals surface area contributed by atoms with Crippen LogP contribution in [0.15, 0.2) is 18.3 Å². The van der Waals surface area contributed by atoms with Crippen LogP contribution in [0.4, 0.5) is 5.69 Å². The minimum atomic E-state index is 0.636. The van der Waals surface area contributed by atoms with Crippen molar-refractivity contribution in [1.82, 2.24) is 14.8 Å². The fourth-order valence-corrected chi connectivity index (χ4v) is 2.63. The van der Waals surface area contributed by atoms with E-state index in [0.717, 1.165) is 31.0 Å². The summed E-state index contributed by atoms with van der Waals surface area (Å²) in [5.74, 6) is 0. The average Bonchev–Trinajstić information content (AvgIpc) is 2.54. The molecule has 4 heteroatoms. The molecule has 1 fully saturated rings. The maximum atomic E-state index is 5.67. The van der Waals surface area contributed by atoms with Crippen molar-refractivity contribution in [3.63, 3.8) is 0 Å². The summed E-state index contributed by atoms with van der Waals surface area (Å²) in [4.78, 5) is 9.40. The molecule has 2 heterocycles. The van der Waals surface area contributed by atoms with Gasteiger partial charge in [-0.1, -0.05) is 6.92 Å². The lowest BCUT2D eigenvalue weighted by Gasteiger charge is -2.29. The van der Waals surface area contributed by atoms with Gasteiger partial charge in [0.25, 0.3) is 0 Å². The highest BCUT2D eigenvalue weighted by atomic mass is 15.2. The lowest BCUT2D eigenvalue weighted by atomic mass is 10.1. The van der Waals surface area contributed by atoms with Gasteiger partial charge < -0.3 is 10.6 Å². The molecular formula is C14H24N4. The van der Waals surface area contributed by atoms with E-state index in [1.54, 1.807) is 6.20 Å². The fraction of sp³-hybridized carbons (Fsp3) is 0.643. The lowest BCUT2D eigenvalue weighted by Crippen LogP contribution is -2.39. The van der Waals surface area contributed by atoms with Gasteiger partial charge in [-0.2, -0.15) is 0 Å². The predicted octanol–water partition coefficient (Wildman–Crippen LogP) is 1.58. The highest BCUT2D eigenvalue weighted by molar-refractivity contribution is 5.34. The monoisotopic (exact) mass is 248 g/mol. The Morgan fingerprint density at radius 3 is 2.89 bits per heavy atom. The third kappa shape index (κ3) is 3.43. The zero-order valence-electron chi connectivity index (χ0n) is 11.5. The molecule has 0 spiro atoms. The summed E-state index contributed by atoms with van der Waals surface area (Å²) in [7, 11) is 2.22. The summed E-state index contributed by atoms with van der Waals surface area (Å²) >= 11 is 0. The molecule has 0 aromatic carbocycles. The highest BCUT2D eigenvalue weighted by Gasteiger charge is 2.22. The minimum Gasteiger partial charge on any atom is -0.397 e. The summed E-state index contributed by atoms with van der Waals surface area (Å²) in [6.07, 6.45) is 4.18. The number of hydrogen-bond donors (Lipinski definition) is 1. The number of hydrogen-bond acceptors (Lipinski definition) is 4. The van der Waals surface area contributed by atoms with Crippen molar-refractivity contribution in [2.24, 2.45) is 0 Å². The molecule has 0 aliphatic carbocycles. The summed E-state index contributed by atoms with van der Waals surface area (Å²) in [5.41, 5.74) is 7.53. The zero-order valence-corrected chi connectivity index (χ0v) is 11.5. The van der Waals surface area contributed by atoms with Crippen LogP contribution in [0.3, 0.4) is 0 Å². The third-order valence-corrected chi connectivity index (χ3v) is 3.71. The molecule has 0 amide bonds. The molecule has 1 aliphatic rings. The molecule has 1 saturated heterocycles. The summed E-state index contributed by atoms with van der Waals surface area (Å²) in [6, 6.07) is 4.61. The van der Waals surface area contributed by atoms with E-state index in [1.807, 2.05) is 12.1 Å². The van der Waals surface area contributed by atoms with E-state index < -0.39 is 0 Å². The predicted molar refractivity (Wildman–Crippen MR) is 75.3 cm³/mol. The van der Waals surface area contributed by atoms with Crippen LogP contribution in [-0.2, 0) is 6.54 Å². The highest BCUT2D eigenvalue weighted by Crippen LogP contribution is 2.15. The van der Waals surface area contributed by atoms with E-state index in [4.69, 9.17) is 5.73 Å². The summed E-state index contributed by atoms with van der Waals surface area (Å²) in [6.45, 7) is 6.72. The summed E-state index contributed by atoms with van der Waals surface area (Å²) < 4.78 is 0. The van der Waals surface area contributed by atoms with Gasteiger partial charge in [-0.15, -0.1) is 0 Å². The normalized spacial score (nSPS) is 22.9. The van der Waals surface area contributed by atoms with E-state index in [9.17, 15) is 0 Å². The van der Waals surface area contributed by atoms with Crippen molar-refractivity contribution in [1.29, 1.82) is 0 Å². The van der Waals surface area contributed by atoms with Crippen molar-refractivity contribution in [3.05, 3.63) is 24.0 Å². The Hall–Kier alpha value is -1.13. The smallest absolute Gasteiger partial charge is 0.0545 e. The van der Waals surface area contributed by atoms with Gasteiger partial charge >= 0.3 is 0 Å². The Kier molecular flexibility index (Phi) is 4.55. The van der Waals surface area contributed by atoms with Gasteiger partial charge in [0, 0.05) is 25.7 Å². The molecule has 1 unspecified atom stereocenters. The molecule has 0 saturated carbocycles. The molecule has 1 atom stereocenters. The van der Waals surface area contributed by atoms with Crippen LogP contribution in [0.1, 0.15) is 25.5 Å². The maximum absolute atomic E-state index is 5.67. The standard InChI is InChI=1S/C14H24N4/c1-3-14-11-17(2)7-4-8-18(14)10-13-6-5-12(15)9-16-13/h5-6,9,14H,3-4,7-8,10-11,15H2,1-2H3. The van der Waals surface area contributed by atoms with Crippen LogP contribution in [0, 0.1) is 0 Å². The number of nitrogens with two attached hydrogens (primary N) is 1. The second kappa shape index (κ2) is 6.16. The number of aromatic nitrogens is 1. The minimum absolute atomic E-state index is 0.636. The first-order valence-corrected chi connectivity index (χ1v) is 6.82. The molecule has 18 heavy (non-hydrogen) atoms. The number of rotatable bonds is 3.